The van der Waals surface area contributed by atoms with Crippen LogP contribution in [0.5, 0.6) is 0 Å². The van der Waals surface area contributed by atoms with Crippen molar-refractivity contribution in [3.8, 4) is 0 Å². The lowest BCUT2D eigenvalue weighted by molar-refractivity contribution is 0.301. The minimum atomic E-state index is -3.06. The number of nitrogens with zero attached hydrogens (tertiary/aromatic N) is 1. The summed E-state index contributed by atoms with van der Waals surface area (Å²) in [6.45, 7) is 5.99. The summed E-state index contributed by atoms with van der Waals surface area (Å²) in [4.78, 5) is 0. The molecule has 18 heavy (non-hydrogen) atoms. The summed E-state index contributed by atoms with van der Waals surface area (Å²) in [6.07, 6.45) is 4.54. The van der Waals surface area contributed by atoms with Crippen molar-refractivity contribution in [2.45, 2.75) is 37.9 Å². The molecular weight excluding hydrogens is 268 g/mol. The Morgan fingerprint density at radius 3 is 2.28 bits per heavy atom. The van der Waals surface area contributed by atoms with Crippen LogP contribution in [0.2, 0.25) is 0 Å². The highest BCUT2D eigenvalue weighted by atomic mass is 32.2. The third-order valence-corrected chi connectivity index (χ3v) is 7.13. The second-order valence-corrected chi connectivity index (χ2v) is 8.85. The molecule has 4 nitrogen and oxygen atoms in total. The maximum atomic E-state index is 12.2. The Balaban J connectivity index is 2.56. The van der Waals surface area contributed by atoms with Crippen molar-refractivity contribution in [2.75, 3.05) is 31.6 Å². The fourth-order valence-electron chi connectivity index (χ4n) is 2.18. The topological polar surface area (TPSA) is 63.4 Å². The van der Waals surface area contributed by atoms with Gasteiger partial charge in [0.05, 0.1) is 5.75 Å². The lowest BCUT2D eigenvalue weighted by atomic mass is 9.97. The first kappa shape index (κ1) is 16.3. The smallest absolute Gasteiger partial charge is 0.214 e. The molecule has 2 N–H and O–H groups in total. The molecule has 0 atom stereocenters. The molecule has 0 aromatic rings. The van der Waals surface area contributed by atoms with Gasteiger partial charge in [-0.15, -0.1) is 0 Å². The fraction of sp³-hybridized carbons (Fsp3) is 1.00. The zero-order chi connectivity index (χ0) is 13.8. The minimum Gasteiger partial charge on any atom is -0.329 e. The van der Waals surface area contributed by atoms with Crippen LogP contribution in [0.3, 0.4) is 0 Å². The SMILES string of the molecule is CSC1(CN)CCN(S(=O)(=O)CCC(C)C)CC1. The van der Waals surface area contributed by atoms with E-state index in [0.717, 1.165) is 19.3 Å². The summed E-state index contributed by atoms with van der Waals surface area (Å²) in [5.41, 5.74) is 5.81. The van der Waals surface area contributed by atoms with Crippen LogP contribution in [0.25, 0.3) is 0 Å². The summed E-state index contributed by atoms with van der Waals surface area (Å²) >= 11 is 1.78. The standard InChI is InChI=1S/C12H26N2O2S2/c1-11(2)4-9-18(15,16)14-7-5-12(10-13,17-3)6-8-14/h11H,4-10,13H2,1-3H3. The lowest BCUT2D eigenvalue weighted by Crippen LogP contribution is -2.48. The second kappa shape index (κ2) is 6.59. The van der Waals surface area contributed by atoms with Crippen LogP contribution in [0.4, 0.5) is 0 Å². The van der Waals surface area contributed by atoms with Crippen LogP contribution < -0.4 is 5.73 Å². The number of hydrogen-bond acceptors (Lipinski definition) is 4. The molecule has 0 aliphatic carbocycles. The Morgan fingerprint density at radius 2 is 1.89 bits per heavy atom. The van der Waals surface area contributed by atoms with Gasteiger partial charge in [-0.3, -0.25) is 0 Å². The highest BCUT2D eigenvalue weighted by Crippen LogP contribution is 2.34. The molecule has 1 fully saturated rings. The Morgan fingerprint density at radius 1 is 1.33 bits per heavy atom. The average molecular weight is 294 g/mol. The zero-order valence-corrected chi connectivity index (χ0v) is 13.3. The van der Waals surface area contributed by atoms with Gasteiger partial charge in [0.2, 0.25) is 10.0 Å². The van der Waals surface area contributed by atoms with Crippen LogP contribution in [-0.4, -0.2) is 49.1 Å². The van der Waals surface area contributed by atoms with Gasteiger partial charge in [-0.05, 0) is 31.4 Å². The van der Waals surface area contributed by atoms with Gasteiger partial charge in [0.15, 0.2) is 0 Å². The largest absolute Gasteiger partial charge is 0.329 e. The van der Waals surface area contributed by atoms with Crippen molar-refractivity contribution in [1.29, 1.82) is 0 Å². The maximum absolute atomic E-state index is 12.2. The Hall–Kier alpha value is 0.220. The monoisotopic (exact) mass is 294 g/mol. The molecule has 6 heteroatoms. The number of nitrogens with two attached hydrogens (primary N) is 1. The first-order valence-corrected chi connectivity index (χ1v) is 9.42. The molecule has 1 saturated heterocycles. The molecular formula is C12H26N2O2S2. The van der Waals surface area contributed by atoms with Gasteiger partial charge in [-0.25, -0.2) is 12.7 Å². The number of piperidine rings is 1. The Labute approximate surface area is 116 Å². The average Bonchev–Trinajstić information content (AvgIpc) is 2.36. The Kier molecular flexibility index (Phi) is 5.96. The number of sulfonamides is 1. The van der Waals surface area contributed by atoms with Crippen LogP contribution in [0.1, 0.15) is 33.1 Å². The van der Waals surface area contributed by atoms with E-state index in [9.17, 15) is 8.42 Å². The highest BCUT2D eigenvalue weighted by Gasteiger charge is 2.36. The summed E-state index contributed by atoms with van der Waals surface area (Å²) in [5, 5.41) is 0. The lowest BCUT2D eigenvalue weighted by Gasteiger charge is -2.39. The molecule has 1 aliphatic rings. The molecule has 1 rings (SSSR count). The molecule has 1 heterocycles. The third-order valence-electron chi connectivity index (χ3n) is 3.79. The predicted octanol–water partition coefficient (Wildman–Crippen LogP) is 1.52. The van der Waals surface area contributed by atoms with Crippen molar-refractivity contribution in [3.63, 3.8) is 0 Å². The van der Waals surface area contributed by atoms with Crippen molar-refractivity contribution in [2.24, 2.45) is 11.7 Å². The van der Waals surface area contributed by atoms with Gasteiger partial charge >= 0.3 is 0 Å². The van der Waals surface area contributed by atoms with Gasteiger partial charge < -0.3 is 5.73 Å². The highest BCUT2D eigenvalue weighted by molar-refractivity contribution is 8.00. The molecule has 0 aromatic heterocycles. The van der Waals surface area contributed by atoms with E-state index in [-0.39, 0.29) is 10.5 Å². The molecule has 108 valence electrons. The van der Waals surface area contributed by atoms with Crippen LogP contribution in [0.15, 0.2) is 0 Å². The third kappa shape index (κ3) is 4.11. The van der Waals surface area contributed by atoms with Crippen LogP contribution in [-0.2, 0) is 10.0 Å². The van der Waals surface area contributed by atoms with E-state index in [0.29, 0.717) is 25.6 Å². The fourth-order valence-corrected chi connectivity index (χ4v) is 4.70. The summed E-state index contributed by atoms with van der Waals surface area (Å²) in [5.74, 6) is 0.707. The van der Waals surface area contributed by atoms with Gasteiger partial charge in [-0.1, -0.05) is 13.8 Å². The van der Waals surface area contributed by atoms with E-state index in [1.54, 1.807) is 16.1 Å². The van der Waals surface area contributed by atoms with Crippen molar-refractivity contribution >= 4 is 21.8 Å². The predicted molar refractivity (Wildman–Crippen MR) is 79.3 cm³/mol. The molecule has 0 bridgehead atoms. The minimum absolute atomic E-state index is 0.0874. The van der Waals surface area contributed by atoms with Crippen molar-refractivity contribution in [3.05, 3.63) is 0 Å². The summed E-state index contributed by atoms with van der Waals surface area (Å²) in [6, 6.07) is 0. The summed E-state index contributed by atoms with van der Waals surface area (Å²) < 4.78 is 26.1. The van der Waals surface area contributed by atoms with Gasteiger partial charge in [0.1, 0.15) is 0 Å². The van der Waals surface area contributed by atoms with Crippen molar-refractivity contribution in [1.82, 2.24) is 4.31 Å². The van der Waals surface area contributed by atoms with E-state index in [2.05, 4.69) is 20.1 Å². The molecule has 0 radical (unpaired) electrons. The van der Waals surface area contributed by atoms with Crippen molar-refractivity contribution < 1.29 is 8.42 Å². The first-order chi connectivity index (χ1) is 8.35. The zero-order valence-electron chi connectivity index (χ0n) is 11.7. The van der Waals surface area contributed by atoms with E-state index >= 15 is 0 Å². The van der Waals surface area contributed by atoms with E-state index in [1.807, 2.05) is 0 Å². The number of thioether (sulfide) groups is 1. The molecule has 0 unspecified atom stereocenters. The van der Waals surface area contributed by atoms with Gasteiger partial charge in [0.25, 0.3) is 0 Å². The molecule has 0 aromatic carbocycles. The first-order valence-electron chi connectivity index (χ1n) is 6.58. The van der Waals surface area contributed by atoms with Crippen LogP contribution >= 0.6 is 11.8 Å². The summed E-state index contributed by atoms with van der Waals surface area (Å²) in [7, 11) is -3.06. The molecule has 0 spiro atoms. The Bertz CT molecular complexity index is 341. The maximum Gasteiger partial charge on any atom is 0.214 e. The molecule has 1 aliphatic heterocycles. The second-order valence-electron chi connectivity index (χ2n) is 5.49. The van der Waals surface area contributed by atoms with E-state index in [1.165, 1.54) is 0 Å². The van der Waals surface area contributed by atoms with E-state index < -0.39 is 10.0 Å². The number of hydrogen-bond donors (Lipinski definition) is 1. The quantitative estimate of drug-likeness (QED) is 0.807. The molecule has 0 amide bonds. The van der Waals surface area contributed by atoms with Gasteiger partial charge in [-0.2, -0.15) is 11.8 Å². The van der Waals surface area contributed by atoms with E-state index in [4.69, 9.17) is 5.73 Å². The van der Waals surface area contributed by atoms with Crippen LogP contribution in [0, 0.1) is 5.92 Å². The molecule has 0 saturated carbocycles. The number of rotatable bonds is 6. The van der Waals surface area contributed by atoms with Gasteiger partial charge in [0, 0.05) is 24.4 Å². The normalized spacial score (nSPS) is 21.4.